The summed E-state index contributed by atoms with van der Waals surface area (Å²) in [6.45, 7) is 7.26. The molecule has 0 spiro atoms. The lowest BCUT2D eigenvalue weighted by atomic mass is 9.97. The fourth-order valence-corrected chi connectivity index (χ4v) is 3.87. The molecule has 3 heterocycles. The van der Waals surface area contributed by atoms with Crippen molar-refractivity contribution in [3.05, 3.63) is 64.6 Å². The molecule has 2 aromatic heterocycles. The third-order valence-corrected chi connectivity index (χ3v) is 5.78. The standard InChI is InChI=1S/C23H25N7O/c1-4-15(2)26-23(31)21-16(3)30(28-27-21)20-9-5-7-18-14-29(12-10-19(18)20)22-17(13-24)8-6-11-25-22/h5-9,11,15H,4,10,12,14H2,1-3H3,(H,26,31)/t15-/m1/s1. The van der Waals surface area contributed by atoms with Crippen molar-refractivity contribution in [2.24, 2.45) is 0 Å². The highest BCUT2D eigenvalue weighted by molar-refractivity contribution is 5.93. The molecule has 8 heteroatoms. The zero-order valence-electron chi connectivity index (χ0n) is 18.0. The number of nitriles is 1. The molecular weight excluding hydrogens is 390 g/mol. The number of aromatic nitrogens is 4. The predicted octanol–water partition coefficient (Wildman–Crippen LogP) is 2.93. The van der Waals surface area contributed by atoms with E-state index in [0.717, 1.165) is 30.6 Å². The Balaban J connectivity index is 1.64. The van der Waals surface area contributed by atoms with Crippen LogP contribution in [-0.2, 0) is 13.0 Å². The topological polar surface area (TPSA) is 99.7 Å². The molecule has 8 nitrogen and oxygen atoms in total. The third-order valence-electron chi connectivity index (χ3n) is 5.78. The zero-order chi connectivity index (χ0) is 22.0. The summed E-state index contributed by atoms with van der Waals surface area (Å²) >= 11 is 0. The minimum atomic E-state index is -0.201. The summed E-state index contributed by atoms with van der Waals surface area (Å²) in [4.78, 5) is 19.1. The maximum Gasteiger partial charge on any atom is 0.273 e. The minimum Gasteiger partial charge on any atom is -0.351 e. The van der Waals surface area contributed by atoms with Gasteiger partial charge < -0.3 is 10.2 Å². The Morgan fingerprint density at radius 2 is 2.16 bits per heavy atom. The van der Waals surface area contributed by atoms with E-state index in [1.165, 1.54) is 5.56 Å². The summed E-state index contributed by atoms with van der Waals surface area (Å²) < 4.78 is 1.75. The highest BCUT2D eigenvalue weighted by atomic mass is 16.2. The quantitative estimate of drug-likeness (QED) is 0.688. The second-order valence-corrected chi connectivity index (χ2v) is 7.79. The molecule has 1 aliphatic rings. The average molecular weight is 416 g/mol. The van der Waals surface area contributed by atoms with Gasteiger partial charge in [-0.25, -0.2) is 9.67 Å². The number of anilines is 1. The molecule has 1 aromatic carbocycles. The Bertz CT molecular complexity index is 1160. The fraction of sp³-hybridized carbons (Fsp3) is 0.348. The molecule has 0 saturated heterocycles. The number of amides is 1. The first kappa shape index (κ1) is 20.5. The van der Waals surface area contributed by atoms with E-state index in [0.29, 0.717) is 29.3 Å². The first-order chi connectivity index (χ1) is 15.0. The highest BCUT2D eigenvalue weighted by Gasteiger charge is 2.25. The number of nitrogens with zero attached hydrogens (tertiary/aromatic N) is 6. The van der Waals surface area contributed by atoms with Crippen molar-refractivity contribution in [1.29, 1.82) is 5.26 Å². The summed E-state index contributed by atoms with van der Waals surface area (Å²) in [5.41, 5.74) is 4.90. The van der Waals surface area contributed by atoms with E-state index in [1.54, 1.807) is 23.0 Å². The molecule has 1 amide bonds. The van der Waals surface area contributed by atoms with Crippen LogP contribution >= 0.6 is 0 Å². The van der Waals surface area contributed by atoms with Crippen LogP contribution in [0, 0.1) is 18.3 Å². The van der Waals surface area contributed by atoms with Crippen molar-refractivity contribution in [2.45, 2.75) is 46.2 Å². The number of pyridine rings is 1. The van der Waals surface area contributed by atoms with Gasteiger partial charge in [-0.05, 0) is 56.0 Å². The lowest BCUT2D eigenvalue weighted by molar-refractivity contribution is 0.0933. The highest BCUT2D eigenvalue weighted by Crippen LogP contribution is 2.29. The molecule has 1 N–H and O–H groups in total. The molecule has 0 aliphatic carbocycles. The van der Waals surface area contributed by atoms with Crippen LogP contribution in [0.5, 0.6) is 0 Å². The normalized spacial score (nSPS) is 13.9. The summed E-state index contributed by atoms with van der Waals surface area (Å²) in [7, 11) is 0. The summed E-state index contributed by atoms with van der Waals surface area (Å²) in [5, 5.41) is 20.8. The van der Waals surface area contributed by atoms with Gasteiger partial charge in [0.05, 0.1) is 16.9 Å². The first-order valence-electron chi connectivity index (χ1n) is 10.5. The van der Waals surface area contributed by atoms with Crippen molar-refractivity contribution in [1.82, 2.24) is 25.3 Å². The van der Waals surface area contributed by atoms with Gasteiger partial charge in [-0.1, -0.05) is 24.3 Å². The van der Waals surface area contributed by atoms with Crippen molar-refractivity contribution in [2.75, 3.05) is 11.4 Å². The summed E-state index contributed by atoms with van der Waals surface area (Å²) in [6, 6.07) is 12.0. The number of carbonyl (C=O) groups is 1. The Hall–Kier alpha value is -3.73. The zero-order valence-corrected chi connectivity index (χ0v) is 18.0. The van der Waals surface area contributed by atoms with Crippen LogP contribution in [0.15, 0.2) is 36.5 Å². The number of benzene rings is 1. The van der Waals surface area contributed by atoms with Crippen LogP contribution in [0.2, 0.25) is 0 Å². The molecule has 1 atom stereocenters. The van der Waals surface area contributed by atoms with Gasteiger partial charge in [0, 0.05) is 25.3 Å². The van der Waals surface area contributed by atoms with E-state index < -0.39 is 0 Å². The molecule has 0 saturated carbocycles. The van der Waals surface area contributed by atoms with Crippen LogP contribution in [0.1, 0.15) is 53.1 Å². The molecule has 0 radical (unpaired) electrons. The smallest absolute Gasteiger partial charge is 0.273 e. The third kappa shape index (κ3) is 3.87. The molecule has 1 aliphatic heterocycles. The molecule has 0 unspecified atom stereocenters. The molecule has 31 heavy (non-hydrogen) atoms. The van der Waals surface area contributed by atoms with Crippen LogP contribution in [0.25, 0.3) is 5.69 Å². The van der Waals surface area contributed by atoms with E-state index in [1.807, 2.05) is 32.9 Å². The number of nitrogens with one attached hydrogen (secondary N) is 1. The fourth-order valence-electron chi connectivity index (χ4n) is 3.87. The number of carbonyl (C=O) groups excluding carboxylic acids is 1. The van der Waals surface area contributed by atoms with Crippen LogP contribution < -0.4 is 10.2 Å². The largest absolute Gasteiger partial charge is 0.351 e. The first-order valence-corrected chi connectivity index (χ1v) is 10.5. The summed E-state index contributed by atoms with van der Waals surface area (Å²) in [6.07, 6.45) is 3.35. The lowest BCUT2D eigenvalue weighted by Crippen LogP contribution is -2.33. The Morgan fingerprint density at radius 1 is 1.32 bits per heavy atom. The maximum atomic E-state index is 12.6. The van der Waals surface area contributed by atoms with Crippen molar-refractivity contribution in [3.63, 3.8) is 0 Å². The molecular formula is C23H25N7O. The molecule has 0 fully saturated rings. The monoisotopic (exact) mass is 415 g/mol. The van der Waals surface area contributed by atoms with Crippen LogP contribution in [0.4, 0.5) is 5.82 Å². The van der Waals surface area contributed by atoms with E-state index >= 15 is 0 Å². The van der Waals surface area contributed by atoms with E-state index in [4.69, 9.17) is 0 Å². The van der Waals surface area contributed by atoms with Crippen molar-refractivity contribution >= 4 is 11.7 Å². The Morgan fingerprint density at radius 3 is 2.94 bits per heavy atom. The molecule has 0 bridgehead atoms. The maximum absolute atomic E-state index is 12.6. The van der Waals surface area contributed by atoms with Crippen molar-refractivity contribution < 1.29 is 4.79 Å². The number of hydrogen-bond donors (Lipinski definition) is 1. The van der Waals surface area contributed by atoms with Gasteiger partial charge in [0.25, 0.3) is 5.91 Å². The number of hydrogen-bond acceptors (Lipinski definition) is 6. The van der Waals surface area contributed by atoms with Gasteiger partial charge in [-0.15, -0.1) is 5.10 Å². The second kappa shape index (κ2) is 8.56. The van der Waals surface area contributed by atoms with Crippen molar-refractivity contribution in [3.8, 4) is 11.8 Å². The van der Waals surface area contributed by atoms with Gasteiger partial charge in [0.1, 0.15) is 11.9 Å². The molecule has 4 rings (SSSR count). The SMILES string of the molecule is CC[C@@H](C)NC(=O)c1nnn(-c2cccc3c2CCN(c2ncccc2C#N)C3)c1C. The second-order valence-electron chi connectivity index (χ2n) is 7.79. The molecule has 158 valence electrons. The summed E-state index contributed by atoms with van der Waals surface area (Å²) in [5.74, 6) is 0.509. The predicted molar refractivity (Wildman–Crippen MR) is 117 cm³/mol. The van der Waals surface area contributed by atoms with E-state index in [-0.39, 0.29) is 11.9 Å². The Labute approximate surface area is 181 Å². The minimum absolute atomic E-state index is 0.0809. The van der Waals surface area contributed by atoms with Gasteiger partial charge in [-0.3, -0.25) is 4.79 Å². The average Bonchev–Trinajstić information content (AvgIpc) is 3.19. The van der Waals surface area contributed by atoms with Crippen LogP contribution in [0.3, 0.4) is 0 Å². The van der Waals surface area contributed by atoms with E-state index in [2.05, 4.69) is 37.6 Å². The van der Waals surface area contributed by atoms with Gasteiger partial charge in [0.15, 0.2) is 5.69 Å². The molecule has 3 aromatic rings. The van der Waals surface area contributed by atoms with Gasteiger partial charge in [0.2, 0.25) is 0 Å². The number of fused-ring (bicyclic) bond motifs is 1. The number of rotatable bonds is 5. The van der Waals surface area contributed by atoms with Gasteiger partial charge in [-0.2, -0.15) is 5.26 Å². The van der Waals surface area contributed by atoms with Gasteiger partial charge >= 0.3 is 0 Å². The lowest BCUT2D eigenvalue weighted by Gasteiger charge is -2.31. The van der Waals surface area contributed by atoms with E-state index in [9.17, 15) is 10.1 Å². The Kier molecular flexibility index (Phi) is 5.67. The van der Waals surface area contributed by atoms with Crippen LogP contribution in [-0.4, -0.2) is 38.5 Å².